The van der Waals surface area contributed by atoms with Crippen molar-refractivity contribution in [3.05, 3.63) is 124 Å². The van der Waals surface area contributed by atoms with Gasteiger partial charge in [-0.1, -0.05) is 53.3 Å². The summed E-state index contributed by atoms with van der Waals surface area (Å²) in [7, 11) is 1.57. The number of carbonyl (C=O) groups is 1. The maximum Gasteiger partial charge on any atom is 0.338 e. The molecule has 3 aromatic carbocycles. The largest absolute Gasteiger partial charge is 0.496 e. The number of furan rings is 1. The number of thiazole rings is 1. The van der Waals surface area contributed by atoms with Crippen molar-refractivity contribution < 1.29 is 23.6 Å². The number of nitro benzene ring substituents is 1. The number of aromatic nitrogens is 1. The lowest BCUT2D eigenvalue weighted by molar-refractivity contribution is -0.384. The van der Waals surface area contributed by atoms with E-state index < -0.39 is 22.5 Å². The molecule has 2 aromatic heterocycles. The number of nitro groups is 1. The van der Waals surface area contributed by atoms with Gasteiger partial charge in [0.15, 0.2) is 4.80 Å². The minimum atomic E-state index is -1.02. The zero-order chi connectivity index (χ0) is 31.1. The number of non-ortho nitro benzene ring substituents is 1. The molecule has 0 radical (unpaired) electrons. The van der Waals surface area contributed by atoms with Crippen molar-refractivity contribution in [2.75, 3.05) is 13.7 Å². The van der Waals surface area contributed by atoms with Gasteiger partial charge in [0, 0.05) is 23.3 Å². The second-order valence-corrected chi connectivity index (χ2v) is 11.2. The molecule has 6 rings (SSSR count). The van der Waals surface area contributed by atoms with Crippen LogP contribution in [0.25, 0.3) is 28.2 Å². The first-order chi connectivity index (χ1) is 21.2. The van der Waals surface area contributed by atoms with Crippen molar-refractivity contribution >= 4 is 51.4 Å². The van der Waals surface area contributed by atoms with Crippen LogP contribution in [0.2, 0.25) is 5.02 Å². The minimum absolute atomic E-state index is 0.111. The van der Waals surface area contributed by atoms with Crippen molar-refractivity contribution in [3.63, 3.8) is 0 Å². The summed E-state index contributed by atoms with van der Waals surface area (Å²) < 4.78 is 19.0. The van der Waals surface area contributed by atoms with E-state index in [0.29, 0.717) is 26.3 Å². The predicted octanol–water partition coefficient (Wildman–Crippen LogP) is 5.78. The maximum absolute atomic E-state index is 14.1. The first-order valence-electron chi connectivity index (χ1n) is 13.5. The van der Waals surface area contributed by atoms with Crippen LogP contribution in [0.5, 0.6) is 5.75 Å². The molecule has 0 saturated carbocycles. The van der Waals surface area contributed by atoms with E-state index in [-0.39, 0.29) is 34.4 Å². The number of hydrogen-bond donors (Lipinski definition) is 0. The van der Waals surface area contributed by atoms with Crippen LogP contribution in [0.3, 0.4) is 0 Å². The molecule has 3 heterocycles. The van der Waals surface area contributed by atoms with Crippen LogP contribution in [0.15, 0.2) is 92.2 Å². The van der Waals surface area contributed by atoms with Gasteiger partial charge in [0.05, 0.1) is 39.5 Å². The number of hydrogen-bond acceptors (Lipinski definition) is 9. The highest BCUT2D eigenvalue weighted by molar-refractivity contribution is 7.07. The Morgan fingerprint density at radius 2 is 1.98 bits per heavy atom. The van der Waals surface area contributed by atoms with Crippen LogP contribution in [-0.2, 0) is 9.53 Å². The predicted molar refractivity (Wildman–Crippen MR) is 167 cm³/mol. The molecular formula is C32H24ClN3O7S. The Morgan fingerprint density at radius 1 is 1.18 bits per heavy atom. The van der Waals surface area contributed by atoms with Crippen LogP contribution in [0.4, 0.5) is 5.69 Å². The highest BCUT2D eigenvalue weighted by Crippen LogP contribution is 2.37. The van der Waals surface area contributed by atoms with Gasteiger partial charge in [0.2, 0.25) is 0 Å². The minimum Gasteiger partial charge on any atom is -0.496 e. The fraction of sp³-hybridized carbons (Fsp3) is 0.156. The molecule has 1 aliphatic heterocycles. The lowest BCUT2D eigenvalue weighted by atomic mass is 10.0. The van der Waals surface area contributed by atoms with Gasteiger partial charge < -0.3 is 13.9 Å². The van der Waals surface area contributed by atoms with Crippen molar-refractivity contribution in [3.8, 4) is 17.1 Å². The average molecular weight is 630 g/mol. The Bertz CT molecular complexity index is 2200. The van der Waals surface area contributed by atoms with Gasteiger partial charge in [-0.05, 0) is 55.0 Å². The first-order valence-corrected chi connectivity index (χ1v) is 14.7. The fourth-order valence-corrected chi connectivity index (χ4v) is 6.49. The summed E-state index contributed by atoms with van der Waals surface area (Å²) in [6.45, 7) is 3.47. The molecule has 12 heteroatoms. The third kappa shape index (κ3) is 4.99. The summed E-state index contributed by atoms with van der Waals surface area (Å²) in [6.07, 6.45) is 1.77. The summed E-state index contributed by atoms with van der Waals surface area (Å²) in [5.41, 5.74) is 0.974. The Labute approximate surface area is 258 Å². The molecular weight excluding hydrogens is 606 g/mol. The molecule has 222 valence electrons. The number of methoxy groups -OCH3 is 1. The van der Waals surface area contributed by atoms with Gasteiger partial charge in [-0.3, -0.25) is 19.5 Å². The second kappa shape index (κ2) is 11.6. The Balaban J connectivity index is 1.56. The Hall–Kier alpha value is -5.00. The zero-order valence-electron chi connectivity index (χ0n) is 23.7. The molecule has 5 aromatic rings. The monoisotopic (exact) mass is 629 g/mol. The van der Waals surface area contributed by atoms with Crippen LogP contribution in [-0.4, -0.2) is 29.2 Å². The quantitative estimate of drug-likeness (QED) is 0.127. The number of nitrogens with zero attached hydrogens (tertiary/aromatic N) is 3. The van der Waals surface area contributed by atoms with Crippen molar-refractivity contribution in [1.29, 1.82) is 0 Å². The average Bonchev–Trinajstić information content (AvgIpc) is 3.61. The summed E-state index contributed by atoms with van der Waals surface area (Å²) in [4.78, 5) is 43.3. The summed E-state index contributed by atoms with van der Waals surface area (Å²) in [5.74, 6) is 0.415. The lowest BCUT2D eigenvalue weighted by Crippen LogP contribution is -2.39. The van der Waals surface area contributed by atoms with E-state index in [2.05, 4.69) is 4.99 Å². The third-order valence-electron chi connectivity index (χ3n) is 7.27. The van der Waals surface area contributed by atoms with Crippen LogP contribution in [0.1, 0.15) is 31.2 Å². The molecule has 0 amide bonds. The van der Waals surface area contributed by atoms with Crippen molar-refractivity contribution in [2.24, 2.45) is 4.99 Å². The highest BCUT2D eigenvalue weighted by Gasteiger charge is 2.35. The lowest BCUT2D eigenvalue weighted by Gasteiger charge is -2.22. The van der Waals surface area contributed by atoms with Gasteiger partial charge in [0.25, 0.3) is 11.2 Å². The molecule has 1 atom stereocenters. The Morgan fingerprint density at radius 3 is 2.73 bits per heavy atom. The summed E-state index contributed by atoms with van der Waals surface area (Å²) >= 11 is 7.55. The van der Waals surface area contributed by atoms with Gasteiger partial charge >= 0.3 is 5.97 Å². The number of fused-ring (bicyclic) bond motifs is 2. The number of rotatable bonds is 7. The van der Waals surface area contributed by atoms with E-state index in [1.165, 1.54) is 34.1 Å². The molecule has 10 nitrogen and oxygen atoms in total. The summed E-state index contributed by atoms with van der Waals surface area (Å²) in [5, 5.41) is 13.5. The smallest absolute Gasteiger partial charge is 0.338 e. The van der Waals surface area contributed by atoms with E-state index in [1.54, 1.807) is 39.2 Å². The molecule has 0 fully saturated rings. The standard InChI is InChI=1S/C32H24ClN3O7S/c1-4-42-31(38)28-17(2)34-32-35(29(28)26-14-13-25(43-26)22-15-19(36(39)40)10-11-23(22)33)30(37)27(44-32)16-21-20-8-6-5-7-18(20)9-12-24(21)41-3/h5-16,29H,4H2,1-3H3/b27-16-/t29-/m1/s1. The van der Waals surface area contributed by atoms with Crippen LogP contribution < -0.4 is 19.6 Å². The molecule has 0 aliphatic carbocycles. The molecule has 0 bridgehead atoms. The number of halogens is 1. The number of ether oxygens (including phenoxy) is 2. The molecule has 0 N–H and O–H groups in total. The van der Waals surface area contributed by atoms with Crippen LogP contribution in [0, 0.1) is 10.1 Å². The van der Waals surface area contributed by atoms with E-state index in [0.717, 1.165) is 16.3 Å². The first kappa shape index (κ1) is 29.1. The summed E-state index contributed by atoms with van der Waals surface area (Å²) in [6, 6.07) is 17.8. The second-order valence-electron chi connectivity index (χ2n) is 9.83. The van der Waals surface area contributed by atoms with Gasteiger partial charge in [-0.2, -0.15) is 0 Å². The van der Waals surface area contributed by atoms with Gasteiger partial charge in [-0.15, -0.1) is 0 Å². The topological polar surface area (TPSA) is 126 Å². The molecule has 0 spiro atoms. The normalized spacial score (nSPS) is 14.8. The number of carbonyl (C=O) groups excluding carboxylic acids is 1. The van der Waals surface area contributed by atoms with E-state index in [4.69, 9.17) is 25.5 Å². The molecule has 1 aliphatic rings. The molecule has 0 saturated heterocycles. The van der Waals surface area contributed by atoms with E-state index in [1.807, 2.05) is 36.4 Å². The number of benzene rings is 3. The highest BCUT2D eigenvalue weighted by atomic mass is 35.5. The fourth-order valence-electron chi connectivity index (χ4n) is 5.25. The third-order valence-corrected chi connectivity index (χ3v) is 8.58. The SMILES string of the molecule is CCOC(=O)C1=C(C)N=c2s/c(=C\c3c(OC)ccc4ccccc34)c(=O)n2[C@@H]1c1ccc(-c2cc([N+](=O)[O-])ccc2Cl)o1. The maximum atomic E-state index is 14.1. The Kier molecular flexibility index (Phi) is 7.66. The van der Waals surface area contributed by atoms with E-state index >= 15 is 0 Å². The number of esters is 1. The number of allylic oxidation sites excluding steroid dienone is 1. The molecule has 0 unspecified atom stereocenters. The van der Waals surface area contributed by atoms with Gasteiger partial charge in [-0.25, -0.2) is 9.79 Å². The van der Waals surface area contributed by atoms with Gasteiger partial charge in [0.1, 0.15) is 23.3 Å². The van der Waals surface area contributed by atoms with Crippen LogP contribution >= 0.6 is 22.9 Å². The zero-order valence-corrected chi connectivity index (χ0v) is 25.3. The molecule has 44 heavy (non-hydrogen) atoms. The van der Waals surface area contributed by atoms with Crippen molar-refractivity contribution in [1.82, 2.24) is 4.57 Å². The van der Waals surface area contributed by atoms with Crippen molar-refractivity contribution in [2.45, 2.75) is 19.9 Å². The van der Waals surface area contributed by atoms with E-state index in [9.17, 15) is 19.7 Å².